The number of nitrogens with zero attached hydrogens (tertiary/aromatic N) is 1. The standard InChI is InChI=1S/C32H28N2O5S/c1-21-14-15-26(22(2)18-21)33-30(35)20-39-27-12-6-4-9-24(27)19-29-31(36)34(32(37)40-29)16-17-38-28-13-7-10-23-8-3-5-11-25(23)28/h3-15,18-19H,16-17,20H2,1-2H3,(H,33,35)/b29-19-. The number of hydrogen-bond donors (Lipinski definition) is 1. The summed E-state index contributed by atoms with van der Waals surface area (Å²) >= 11 is 0.871. The molecule has 1 aliphatic heterocycles. The van der Waals surface area contributed by atoms with Gasteiger partial charge in [-0.3, -0.25) is 19.3 Å². The fraction of sp³-hybridized carbons (Fsp3) is 0.156. The summed E-state index contributed by atoms with van der Waals surface area (Å²) in [6.45, 7) is 4.02. The number of aryl methyl sites for hydroxylation is 2. The van der Waals surface area contributed by atoms with E-state index in [1.54, 1.807) is 30.3 Å². The molecule has 0 bridgehead atoms. The monoisotopic (exact) mass is 552 g/mol. The first kappa shape index (κ1) is 27.0. The quantitative estimate of drug-likeness (QED) is 0.236. The van der Waals surface area contributed by atoms with E-state index in [4.69, 9.17) is 9.47 Å². The van der Waals surface area contributed by atoms with E-state index in [9.17, 15) is 14.4 Å². The van der Waals surface area contributed by atoms with E-state index >= 15 is 0 Å². The van der Waals surface area contributed by atoms with Gasteiger partial charge < -0.3 is 14.8 Å². The molecule has 1 fully saturated rings. The van der Waals surface area contributed by atoms with E-state index in [0.29, 0.717) is 17.1 Å². The van der Waals surface area contributed by atoms with Crippen LogP contribution in [0.5, 0.6) is 11.5 Å². The van der Waals surface area contributed by atoms with Crippen LogP contribution < -0.4 is 14.8 Å². The van der Waals surface area contributed by atoms with Crippen LogP contribution in [0.2, 0.25) is 0 Å². The molecule has 0 atom stereocenters. The Morgan fingerprint density at radius 1 is 0.900 bits per heavy atom. The molecule has 0 spiro atoms. The van der Waals surface area contributed by atoms with Gasteiger partial charge in [-0.2, -0.15) is 0 Å². The largest absolute Gasteiger partial charge is 0.491 e. The molecular weight excluding hydrogens is 524 g/mol. The Labute approximate surface area is 236 Å². The van der Waals surface area contributed by atoms with Crippen LogP contribution in [0.3, 0.4) is 0 Å². The fourth-order valence-electron chi connectivity index (χ4n) is 4.42. The maximum atomic E-state index is 13.1. The minimum absolute atomic E-state index is 0.127. The van der Waals surface area contributed by atoms with E-state index in [1.807, 2.05) is 74.5 Å². The molecule has 1 heterocycles. The highest BCUT2D eigenvalue weighted by Gasteiger charge is 2.35. The average Bonchev–Trinajstić information content (AvgIpc) is 3.21. The number of para-hydroxylation sites is 1. The Kier molecular flexibility index (Phi) is 8.17. The summed E-state index contributed by atoms with van der Waals surface area (Å²) in [4.78, 5) is 39.7. The number of amides is 3. The summed E-state index contributed by atoms with van der Waals surface area (Å²) in [5.41, 5.74) is 3.40. The van der Waals surface area contributed by atoms with Crippen LogP contribution >= 0.6 is 11.8 Å². The Morgan fingerprint density at radius 2 is 1.65 bits per heavy atom. The van der Waals surface area contributed by atoms with Gasteiger partial charge in [0.2, 0.25) is 0 Å². The zero-order chi connectivity index (χ0) is 28.1. The van der Waals surface area contributed by atoms with Gasteiger partial charge in [0.25, 0.3) is 17.1 Å². The summed E-state index contributed by atoms with van der Waals surface area (Å²) in [5.74, 6) is 0.449. The van der Waals surface area contributed by atoms with Gasteiger partial charge in [0.05, 0.1) is 11.4 Å². The van der Waals surface area contributed by atoms with Crippen molar-refractivity contribution in [2.24, 2.45) is 0 Å². The van der Waals surface area contributed by atoms with Gasteiger partial charge in [-0.1, -0.05) is 72.3 Å². The van der Waals surface area contributed by atoms with Crippen LogP contribution in [-0.2, 0) is 9.59 Å². The molecule has 202 valence electrons. The third-order valence-electron chi connectivity index (χ3n) is 6.42. The molecule has 4 aromatic rings. The van der Waals surface area contributed by atoms with Gasteiger partial charge in [-0.15, -0.1) is 0 Å². The SMILES string of the molecule is Cc1ccc(NC(=O)COc2ccccc2/C=C2\SC(=O)N(CCOc3cccc4ccccc34)C2=O)c(C)c1. The van der Waals surface area contributed by atoms with E-state index in [2.05, 4.69) is 5.32 Å². The second-order valence-electron chi connectivity index (χ2n) is 9.35. The van der Waals surface area contributed by atoms with Crippen LogP contribution in [0.15, 0.2) is 89.8 Å². The maximum Gasteiger partial charge on any atom is 0.293 e. The fourth-order valence-corrected chi connectivity index (χ4v) is 5.27. The lowest BCUT2D eigenvalue weighted by Gasteiger charge is -2.14. The molecule has 40 heavy (non-hydrogen) atoms. The van der Waals surface area contributed by atoms with Crippen LogP contribution in [0.25, 0.3) is 16.8 Å². The summed E-state index contributed by atoms with van der Waals surface area (Å²) in [7, 11) is 0. The normalized spacial score (nSPS) is 14.2. The topological polar surface area (TPSA) is 84.9 Å². The molecule has 1 N–H and O–H groups in total. The van der Waals surface area contributed by atoms with E-state index in [-0.39, 0.29) is 41.7 Å². The second kappa shape index (κ2) is 12.1. The number of carbonyl (C=O) groups is 3. The van der Waals surface area contributed by atoms with Crippen LogP contribution in [-0.4, -0.2) is 41.7 Å². The van der Waals surface area contributed by atoms with Crippen molar-refractivity contribution in [3.8, 4) is 11.5 Å². The molecule has 1 aliphatic rings. The molecule has 0 unspecified atom stereocenters. The Balaban J connectivity index is 1.21. The highest BCUT2D eigenvalue weighted by Crippen LogP contribution is 2.34. The molecular formula is C32H28N2O5S. The van der Waals surface area contributed by atoms with Gasteiger partial charge >= 0.3 is 0 Å². The molecule has 1 saturated heterocycles. The second-order valence-corrected chi connectivity index (χ2v) is 10.3. The van der Waals surface area contributed by atoms with E-state index in [1.165, 1.54) is 4.90 Å². The minimum Gasteiger partial charge on any atom is -0.491 e. The number of rotatable bonds is 9. The van der Waals surface area contributed by atoms with Crippen LogP contribution in [0.4, 0.5) is 10.5 Å². The number of nitrogens with one attached hydrogen (secondary N) is 1. The number of imide groups is 1. The minimum atomic E-state index is -0.390. The van der Waals surface area contributed by atoms with Crippen LogP contribution in [0, 0.1) is 13.8 Å². The zero-order valence-corrected chi connectivity index (χ0v) is 23.0. The summed E-state index contributed by atoms with van der Waals surface area (Å²) < 4.78 is 11.7. The van der Waals surface area contributed by atoms with Gasteiger partial charge in [0.1, 0.15) is 18.1 Å². The van der Waals surface area contributed by atoms with Gasteiger partial charge in [0, 0.05) is 16.6 Å². The number of fused-ring (bicyclic) bond motifs is 1. The molecule has 5 rings (SSSR count). The van der Waals surface area contributed by atoms with Gasteiger partial charge in [0.15, 0.2) is 6.61 Å². The number of hydrogen-bond acceptors (Lipinski definition) is 6. The highest BCUT2D eigenvalue weighted by molar-refractivity contribution is 8.18. The van der Waals surface area contributed by atoms with Crippen molar-refractivity contribution in [3.05, 3.63) is 107 Å². The summed E-state index contributed by atoms with van der Waals surface area (Å²) in [5, 5.41) is 4.53. The Hall–Kier alpha value is -4.56. The van der Waals surface area contributed by atoms with Crippen molar-refractivity contribution in [3.63, 3.8) is 0 Å². The lowest BCUT2D eigenvalue weighted by Crippen LogP contribution is -2.32. The lowest BCUT2D eigenvalue weighted by atomic mass is 10.1. The molecule has 0 radical (unpaired) electrons. The number of ether oxygens (including phenoxy) is 2. The molecule has 0 aliphatic carbocycles. The number of carbonyl (C=O) groups excluding carboxylic acids is 3. The summed E-state index contributed by atoms with van der Waals surface area (Å²) in [6, 6.07) is 26.5. The summed E-state index contributed by atoms with van der Waals surface area (Å²) in [6.07, 6.45) is 1.62. The molecule has 8 heteroatoms. The van der Waals surface area contributed by atoms with Crippen molar-refractivity contribution in [2.75, 3.05) is 25.1 Å². The highest BCUT2D eigenvalue weighted by atomic mass is 32.2. The number of anilines is 1. The number of benzene rings is 4. The van der Waals surface area contributed by atoms with Gasteiger partial charge in [-0.25, -0.2) is 0 Å². The number of thioether (sulfide) groups is 1. The lowest BCUT2D eigenvalue weighted by molar-refractivity contribution is -0.123. The van der Waals surface area contributed by atoms with Crippen molar-refractivity contribution >= 4 is 51.4 Å². The predicted octanol–water partition coefficient (Wildman–Crippen LogP) is 6.59. The molecule has 0 aromatic heterocycles. The van der Waals surface area contributed by atoms with E-state index in [0.717, 1.165) is 39.3 Å². The maximum absolute atomic E-state index is 13.1. The first-order valence-corrected chi connectivity index (χ1v) is 13.7. The zero-order valence-electron chi connectivity index (χ0n) is 22.2. The predicted molar refractivity (Wildman–Crippen MR) is 159 cm³/mol. The average molecular weight is 553 g/mol. The van der Waals surface area contributed by atoms with Crippen LogP contribution in [0.1, 0.15) is 16.7 Å². The van der Waals surface area contributed by atoms with E-state index < -0.39 is 0 Å². The Bertz CT molecular complexity index is 1630. The van der Waals surface area contributed by atoms with Gasteiger partial charge in [-0.05, 0) is 60.8 Å². The first-order valence-electron chi connectivity index (χ1n) is 12.8. The van der Waals surface area contributed by atoms with Crippen molar-refractivity contribution < 1.29 is 23.9 Å². The third kappa shape index (κ3) is 6.18. The third-order valence-corrected chi connectivity index (χ3v) is 7.32. The first-order chi connectivity index (χ1) is 19.4. The Morgan fingerprint density at radius 3 is 2.50 bits per heavy atom. The molecule has 3 amide bonds. The molecule has 0 saturated carbocycles. The smallest absolute Gasteiger partial charge is 0.293 e. The van der Waals surface area contributed by atoms with Crippen molar-refractivity contribution in [2.45, 2.75) is 13.8 Å². The molecule has 7 nitrogen and oxygen atoms in total. The molecule has 4 aromatic carbocycles. The van der Waals surface area contributed by atoms with Crippen molar-refractivity contribution in [1.82, 2.24) is 4.90 Å². The van der Waals surface area contributed by atoms with Crippen molar-refractivity contribution in [1.29, 1.82) is 0 Å².